The van der Waals surface area contributed by atoms with Crippen LogP contribution in [0.1, 0.15) is 55.6 Å². The predicted molar refractivity (Wildman–Crippen MR) is 92.8 cm³/mol. The molecule has 0 atom stereocenters. The Labute approximate surface area is 137 Å². The molecule has 2 aromatic rings. The lowest BCUT2D eigenvalue weighted by Crippen LogP contribution is -2.13. The van der Waals surface area contributed by atoms with Crippen molar-refractivity contribution in [1.82, 2.24) is 0 Å². The van der Waals surface area contributed by atoms with Gasteiger partial charge in [-0.2, -0.15) is 5.26 Å². The summed E-state index contributed by atoms with van der Waals surface area (Å²) in [7, 11) is 0. The van der Waals surface area contributed by atoms with E-state index in [-0.39, 0.29) is 5.56 Å². The largest absolute Gasteiger partial charge is 0.205 e. The van der Waals surface area contributed by atoms with Gasteiger partial charge >= 0.3 is 0 Å². The van der Waals surface area contributed by atoms with Crippen LogP contribution in [0.4, 0.5) is 4.39 Å². The molecule has 0 N–H and O–H groups in total. The fourth-order valence-corrected chi connectivity index (χ4v) is 3.79. The highest BCUT2D eigenvalue weighted by molar-refractivity contribution is 5.85. The van der Waals surface area contributed by atoms with E-state index in [1.807, 2.05) is 30.3 Å². The fourth-order valence-electron chi connectivity index (χ4n) is 3.79. The Morgan fingerprint density at radius 3 is 2.65 bits per heavy atom. The maximum Gasteiger partial charge on any atom is 0.148 e. The van der Waals surface area contributed by atoms with Gasteiger partial charge in [-0.05, 0) is 67.4 Å². The van der Waals surface area contributed by atoms with Crippen LogP contribution < -0.4 is 0 Å². The number of allylic oxidation sites excluding steroid dienone is 1. The van der Waals surface area contributed by atoms with Crippen molar-refractivity contribution in [3.8, 4) is 6.07 Å². The van der Waals surface area contributed by atoms with E-state index < -0.39 is 5.82 Å². The zero-order valence-corrected chi connectivity index (χ0v) is 13.4. The molecule has 0 radical (unpaired) electrons. The van der Waals surface area contributed by atoms with Crippen molar-refractivity contribution in [3.05, 3.63) is 59.9 Å². The van der Waals surface area contributed by atoms with Crippen LogP contribution in [0, 0.1) is 23.1 Å². The second-order valence-electron chi connectivity index (χ2n) is 6.60. The number of hydrogen-bond acceptors (Lipinski definition) is 1. The van der Waals surface area contributed by atoms with Gasteiger partial charge in [0, 0.05) is 5.39 Å². The van der Waals surface area contributed by atoms with Crippen LogP contribution >= 0.6 is 0 Å². The summed E-state index contributed by atoms with van der Waals surface area (Å²) in [6, 6.07) is 11.3. The second kappa shape index (κ2) is 6.96. The summed E-state index contributed by atoms with van der Waals surface area (Å²) < 4.78 is 14.2. The van der Waals surface area contributed by atoms with Gasteiger partial charge in [-0.15, -0.1) is 6.58 Å². The van der Waals surface area contributed by atoms with Gasteiger partial charge in [0.25, 0.3) is 0 Å². The lowest BCUT2D eigenvalue weighted by molar-refractivity contribution is 0.312. The van der Waals surface area contributed by atoms with Crippen molar-refractivity contribution in [1.29, 1.82) is 5.26 Å². The molecule has 0 saturated heterocycles. The SMILES string of the molecule is C=CCCC1CCC(c2ccc3c(F)c(C#N)ccc3c2)CC1. The number of hydrogen-bond donors (Lipinski definition) is 0. The molecule has 0 amide bonds. The molecular weight excluding hydrogens is 285 g/mol. The van der Waals surface area contributed by atoms with E-state index in [1.54, 1.807) is 6.07 Å². The molecule has 0 heterocycles. The Hall–Kier alpha value is -2.14. The first-order chi connectivity index (χ1) is 11.2. The van der Waals surface area contributed by atoms with Gasteiger partial charge in [0.05, 0.1) is 5.56 Å². The fraction of sp³-hybridized carbons (Fsp3) is 0.381. The van der Waals surface area contributed by atoms with Crippen LogP contribution in [-0.2, 0) is 0 Å². The summed E-state index contributed by atoms with van der Waals surface area (Å²) in [4.78, 5) is 0. The minimum Gasteiger partial charge on any atom is -0.205 e. The molecule has 0 aromatic heterocycles. The van der Waals surface area contributed by atoms with Crippen LogP contribution in [0.25, 0.3) is 10.8 Å². The molecule has 23 heavy (non-hydrogen) atoms. The first-order valence-electron chi connectivity index (χ1n) is 8.46. The maximum atomic E-state index is 14.2. The highest BCUT2D eigenvalue weighted by atomic mass is 19.1. The molecule has 1 saturated carbocycles. The van der Waals surface area contributed by atoms with Crippen molar-refractivity contribution in [3.63, 3.8) is 0 Å². The normalized spacial score (nSPS) is 21.0. The van der Waals surface area contributed by atoms with Crippen LogP contribution in [-0.4, -0.2) is 0 Å². The van der Waals surface area contributed by atoms with Crippen molar-refractivity contribution in [2.45, 2.75) is 44.4 Å². The van der Waals surface area contributed by atoms with E-state index >= 15 is 0 Å². The van der Waals surface area contributed by atoms with Gasteiger partial charge < -0.3 is 0 Å². The Balaban J connectivity index is 1.77. The van der Waals surface area contributed by atoms with Crippen LogP contribution in [0.15, 0.2) is 43.0 Å². The number of nitriles is 1. The quantitative estimate of drug-likeness (QED) is 0.627. The molecule has 0 bridgehead atoms. The third-order valence-corrected chi connectivity index (χ3v) is 5.20. The molecule has 1 fully saturated rings. The average Bonchev–Trinajstić information content (AvgIpc) is 2.60. The third kappa shape index (κ3) is 3.29. The molecule has 118 valence electrons. The van der Waals surface area contributed by atoms with Crippen LogP contribution in [0.3, 0.4) is 0 Å². The number of fused-ring (bicyclic) bond motifs is 1. The lowest BCUT2D eigenvalue weighted by Gasteiger charge is -2.28. The van der Waals surface area contributed by atoms with Gasteiger partial charge in [0.2, 0.25) is 0 Å². The third-order valence-electron chi connectivity index (χ3n) is 5.20. The summed E-state index contributed by atoms with van der Waals surface area (Å²) in [6.45, 7) is 3.81. The minimum absolute atomic E-state index is 0.118. The standard InChI is InChI=1S/C21H22FN/c1-2-3-4-15-5-7-16(8-6-15)17-11-12-20-18(13-17)9-10-19(14-23)21(20)22/h2,9-13,15-16H,1,3-8H2. The number of halogens is 1. The second-order valence-corrected chi connectivity index (χ2v) is 6.60. The molecule has 0 unspecified atom stereocenters. The summed E-state index contributed by atoms with van der Waals surface area (Å²) in [5.41, 5.74) is 1.43. The molecule has 0 spiro atoms. The molecule has 1 aliphatic carbocycles. The highest BCUT2D eigenvalue weighted by Gasteiger charge is 2.22. The summed E-state index contributed by atoms with van der Waals surface area (Å²) in [5.74, 6) is 1.02. The zero-order chi connectivity index (χ0) is 16.2. The zero-order valence-electron chi connectivity index (χ0n) is 13.4. The van der Waals surface area contributed by atoms with Gasteiger partial charge in [-0.3, -0.25) is 0 Å². The molecule has 2 aromatic carbocycles. The van der Waals surface area contributed by atoms with Gasteiger partial charge in [-0.25, -0.2) is 4.39 Å². The van der Waals surface area contributed by atoms with Crippen molar-refractivity contribution < 1.29 is 4.39 Å². The first kappa shape index (κ1) is 15.7. The van der Waals surface area contributed by atoms with Gasteiger partial charge in [0.15, 0.2) is 0 Å². The van der Waals surface area contributed by atoms with Crippen molar-refractivity contribution in [2.24, 2.45) is 5.92 Å². The molecule has 1 aliphatic rings. The summed E-state index contributed by atoms with van der Waals surface area (Å²) in [6.07, 6.45) is 9.37. The molecule has 0 aliphatic heterocycles. The topological polar surface area (TPSA) is 23.8 Å². The number of benzene rings is 2. The first-order valence-corrected chi connectivity index (χ1v) is 8.46. The van der Waals surface area contributed by atoms with Gasteiger partial charge in [-0.1, -0.05) is 30.3 Å². The van der Waals surface area contributed by atoms with E-state index in [9.17, 15) is 4.39 Å². The van der Waals surface area contributed by atoms with Crippen LogP contribution in [0.2, 0.25) is 0 Å². The minimum atomic E-state index is -0.398. The van der Waals surface area contributed by atoms with Crippen molar-refractivity contribution in [2.75, 3.05) is 0 Å². The predicted octanol–water partition coefficient (Wildman–Crippen LogP) is 6.09. The lowest BCUT2D eigenvalue weighted by atomic mass is 9.77. The number of nitrogens with zero attached hydrogens (tertiary/aromatic N) is 1. The van der Waals surface area contributed by atoms with Gasteiger partial charge in [0.1, 0.15) is 11.9 Å². The number of rotatable bonds is 4. The monoisotopic (exact) mass is 307 g/mol. The van der Waals surface area contributed by atoms with Crippen LogP contribution in [0.5, 0.6) is 0 Å². The highest BCUT2D eigenvalue weighted by Crippen LogP contribution is 2.38. The smallest absolute Gasteiger partial charge is 0.148 e. The Kier molecular flexibility index (Phi) is 4.76. The molecule has 3 rings (SSSR count). The average molecular weight is 307 g/mol. The van der Waals surface area contributed by atoms with E-state index in [1.165, 1.54) is 37.7 Å². The van der Waals surface area contributed by atoms with E-state index in [0.29, 0.717) is 11.3 Å². The Bertz CT molecular complexity index is 748. The molecule has 1 nitrogen and oxygen atoms in total. The van der Waals surface area contributed by atoms with E-state index in [0.717, 1.165) is 17.7 Å². The Morgan fingerprint density at radius 2 is 1.96 bits per heavy atom. The summed E-state index contributed by atoms with van der Waals surface area (Å²) in [5, 5.41) is 10.4. The molecule has 2 heteroatoms. The Morgan fingerprint density at radius 1 is 1.17 bits per heavy atom. The molecular formula is C21H22FN. The maximum absolute atomic E-state index is 14.2. The summed E-state index contributed by atoms with van der Waals surface area (Å²) >= 11 is 0. The van der Waals surface area contributed by atoms with E-state index in [4.69, 9.17) is 5.26 Å². The van der Waals surface area contributed by atoms with E-state index in [2.05, 4.69) is 12.6 Å². The van der Waals surface area contributed by atoms with Crippen molar-refractivity contribution >= 4 is 10.8 Å².